The molecule has 0 aliphatic carbocycles. The van der Waals surface area contributed by atoms with Gasteiger partial charge in [-0.25, -0.2) is 4.79 Å². The third-order valence-corrected chi connectivity index (χ3v) is 2.53. The first-order valence-electron chi connectivity index (χ1n) is 5.75. The molecule has 0 aliphatic rings. The molecule has 0 amide bonds. The van der Waals surface area contributed by atoms with Crippen LogP contribution < -0.4 is 11.2 Å². The molecule has 2 atom stereocenters. The molecular formula is C11H17FN2O5. The van der Waals surface area contributed by atoms with Crippen LogP contribution in [0.4, 0.5) is 4.39 Å². The van der Waals surface area contributed by atoms with Crippen molar-refractivity contribution in [3.8, 4) is 0 Å². The normalized spacial score (nSPS) is 14.3. The van der Waals surface area contributed by atoms with Crippen LogP contribution in [-0.4, -0.2) is 41.1 Å². The van der Waals surface area contributed by atoms with Gasteiger partial charge in [0.2, 0.25) is 5.82 Å². The number of methoxy groups -OCH3 is 1. The fraction of sp³-hybridized carbons (Fsp3) is 0.636. The monoisotopic (exact) mass is 276 g/mol. The van der Waals surface area contributed by atoms with Crippen LogP contribution in [-0.2, 0) is 9.47 Å². The molecule has 0 unspecified atom stereocenters. The summed E-state index contributed by atoms with van der Waals surface area (Å²) in [6.45, 7) is 1.77. The van der Waals surface area contributed by atoms with Crippen molar-refractivity contribution in [2.75, 3.05) is 20.3 Å². The van der Waals surface area contributed by atoms with Crippen LogP contribution >= 0.6 is 0 Å². The summed E-state index contributed by atoms with van der Waals surface area (Å²) in [7, 11) is 1.36. The topological polar surface area (TPSA) is 93.5 Å². The molecule has 1 heterocycles. The SMILES string of the molecule is CO[C@H](C[C@H](C)OCCO)n1cc(F)c(=O)[nH]c1=O. The summed E-state index contributed by atoms with van der Waals surface area (Å²) in [4.78, 5) is 24.4. The van der Waals surface area contributed by atoms with Crippen LogP contribution in [0.15, 0.2) is 15.8 Å². The number of H-pyrrole nitrogens is 1. The fourth-order valence-corrected chi connectivity index (χ4v) is 1.60. The van der Waals surface area contributed by atoms with Gasteiger partial charge in [-0.2, -0.15) is 4.39 Å². The Balaban J connectivity index is 2.88. The van der Waals surface area contributed by atoms with Gasteiger partial charge in [-0.1, -0.05) is 0 Å². The van der Waals surface area contributed by atoms with E-state index in [2.05, 4.69) is 0 Å². The van der Waals surface area contributed by atoms with Gasteiger partial charge >= 0.3 is 5.69 Å². The Labute approximate surface area is 108 Å². The van der Waals surface area contributed by atoms with Gasteiger partial charge in [-0.05, 0) is 6.92 Å². The Hall–Kier alpha value is -1.51. The Kier molecular flexibility index (Phi) is 5.87. The molecule has 0 saturated carbocycles. The maximum atomic E-state index is 13.2. The maximum absolute atomic E-state index is 13.2. The van der Waals surface area contributed by atoms with E-state index in [0.29, 0.717) is 0 Å². The molecule has 8 heteroatoms. The Bertz CT molecular complexity index is 513. The highest BCUT2D eigenvalue weighted by Crippen LogP contribution is 2.14. The smallest absolute Gasteiger partial charge is 0.330 e. The molecule has 0 aliphatic heterocycles. The Morgan fingerprint density at radius 1 is 1.53 bits per heavy atom. The molecule has 1 aromatic heterocycles. The van der Waals surface area contributed by atoms with E-state index in [-0.39, 0.29) is 25.7 Å². The highest BCUT2D eigenvalue weighted by atomic mass is 19.1. The summed E-state index contributed by atoms with van der Waals surface area (Å²) in [6, 6.07) is 0. The fourth-order valence-electron chi connectivity index (χ4n) is 1.60. The number of nitrogens with one attached hydrogen (secondary N) is 1. The van der Waals surface area contributed by atoms with Gasteiger partial charge in [0.1, 0.15) is 6.23 Å². The second-order valence-corrected chi connectivity index (χ2v) is 3.97. The third kappa shape index (κ3) is 4.27. The molecule has 1 rings (SSSR count). The quantitative estimate of drug-likeness (QED) is 0.707. The van der Waals surface area contributed by atoms with E-state index in [0.717, 1.165) is 10.8 Å². The number of nitrogens with zero attached hydrogens (tertiary/aromatic N) is 1. The summed E-state index contributed by atoms with van der Waals surface area (Å²) < 4.78 is 24.4. The van der Waals surface area contributed by atoms with Crippen molar-refractivity contribution < 1.29 is 19.0 Å². The highest BCUT2D eigenvalue weighted by Gasteiger charge is 2.17. The van der Waals surface area contributed by atoms with Gasteiger partial charge in [0.15, 0.2) is 0 Å². The van der Waals surface area contributed by atoms with Gasteiger partial charge in [0, 0.05) is 13.5 Å². The molecule has 7 nitrogen and oxygen atoms in total. The number of aromatic amines is 1. The van der Waals surface area contributed by atoms with Crippen molar-refractivity contribution in [2.24, 2.45) is 0 Å². The average molecular weight is 276 g/mol. The lowest BCUT2D eigenvalue weighted by molar-refractivity contribution is -0.0330. The molecule has 19 heavy (non-hydrogen) atoms. The number of rotatable bonds is 7. The molecule has 0 spiro atoms. The second-order valence-electron chi connectivity index (χ2n) is 3.97. The Morgan fingerprint density at radius 3 is 2.79 bits per heavy atom. The number of ether oxygens (including phenoxy) is 2. The first-order chi connectivity index (χ1) is 8.99. The van der Waals surface area contributed by atoms with Gasteiger partial charge in [0.25, 0.3) is 5.56 Å². The minimum Gasteiger partial charge on any atom is -0.394 e. The average Bonchev–Trinajstić information content (AvgIpc) is 2.38. The number of aliphatic hydroxyl groups excluding tert-OH is 1. The molecule has 0 radical (unpaired) electrons. The largest absolute Gasteiger partial charge is 0.394 e. The number of aromatic nitrogens is 2. The zero-order valence-electron chi connectivity index (χ0n) is 10.8. The van der Waals surface area contributed by atoms with E-state index in [1.165, 1.54) is 7.11 Å². The van der Waals surface area contributed by atoms with E-state index in [9.17, 15) is 14.0 Å². The molecule has 1 aromatic rings. The maximum Gasteiger partial charge on any atom is 0.330 e. The molecule has 2 N–H and O–H groups in total. The lowest BCUT2D eigenvalue weighted by Gasteiger charge is -2.21. The number of aliphatic hydroxyl groups is 1. The zero-order valence-corrected chi connectivity index (χ0v) is 10.8. The van der Waals surface area contributed by atoms with Crippen molar-refractivity contribution >= 4 is 0 Å². The number of hydrogen-bond donors (Lipinski definition) is 2. The lowest BCUT2D eigenvalue weighted by atomic mass is 10.2. The van der Waals surface area contributed by atoms with E-state index in [4.69, 9.17) is 14.6 Å². The second kappa shape index (κ2) is 7.17. The summed E-state index contributed by atoms with van der Waals surface area (Å²) in [5, 5.41) is 8.63. The number of halogens is 1. The molecule has 0 saturated heterocycles. The zero-order chi connectivity index (χ0) is 14.4. The molecular weight excluding hydrogens is 259 g/mol. The standard InChI is InChI=1S/C11H17FN2O5/c1-7(19-4-3-15)5-9(18-2)14-6-8(12)10(16)13-11(14)17/h6-7,9,15H,3-5H2,1-2H3,(H,13,16,17)/t7-,9+/m0/s1. The van der Waals surface area contributed by atoms with Crippen molar-refractivity contribution in [3.05, 3.63) is 32.9 Å². The van der Waals surface area contributed by atoms with Gasteiger partial charge in [-0.15, -0.1) is 0 Å². The molecule has 108 valence electrons. The van der Waals surface area contributed by atoms with Crippen LogP contribution in [0.1, 0.15) is 19.6 Å². The van der Waals surface area contributed by atoms with Gasteiger partial charge in [0.05, 0.1) is 25.5 Å². The lowest BCUT2D eigenvalue weighted by Crippen LogP contribution is -2.35. The van der Waals surface area contributed by atoms with Gasteiger partial charge < -0.3 is 14.6 Å². The predicted molar refractivity (Wildman–Crippen MR) is 64.4 cm³/mol. The Morgan fingerprint density at radius 2 is 2.21 bits per heavy atom. The van der Waals surface area contributed by atoms with E-state index < -0.39 is 23.3 Å². The summed E-state index contributed by atoms with van der Waals surface area (Å²) in [5.41, 5.74) is -1.83. The summed E-state index contributed by atoms with van der Waals surface area (Å²) in [6.07, 6.45) is -0.0118. The summed E-state index contributed by atoms with van der Waals surface area (Å²) in [5.74, 6) is -1.06. The molecule has 0 fully saturated rings. The van der Waals surface area contributed by atoms with Crippen molar-refractivity contribution in [2.45, 2.75) is 25.7 Å². The van der Waals surface area contributed by atoms with Crippen molar-refractivity contribution in [3.63, 3.8) is 0 Å². The van der Waals surface area contributed by atoms with E-state index in [1.54, 1.807) is 6.92 Å². The molecule has 0 bridgehead atoms. The van der Waals surface area contributed by atoms with Crippen molar-refractivity contribution in [1.29, 1.82) is 0 Å². The first kappa shape index (κ1) is 15.5. The summed E-state index contributed by atoms with van der Waals surface area (Å²) >= 11 is 0. The van der Waals surface area contributed by atoms with Crippen LogP contribution in [0, 0.1) is 5.82 Å². The van der Waals surface area contributed by atoms with E-state index in [1.807, 2.05) is 4.98 Å². The van der Waals surface area contributed by atoms with Crippen molar-refractivity contribution in [1.82, 2.24) is 9.55 Å². The third-order valence-electron chi connectivity index (χ3n) is 2.53. The van der Waals surface area contributed by atoms with Gasteiger partial charge in [-0.3, -0.25) is 14.3 Å². The van der Waals surface area contributed by atoms with E-state index >= 15 is 0 Å². The van der Waals surface area contributed by atoms with Crippen LogP contribution in [0.2, 0.25) is 0 Å². The predicted octanol–water partition coefficient (Wildman–Crippen LogP) is -0.392. The minimum atomic E-state index is -1.07. The van der Waals surface area contributed by atoms with Crippen LogP contribution in [0.5, 0.6) is 0 Å². The van der Waals surface area contributed by atoms with Crippen LogP contribution in [0.25, 0.3) is 0 Å². The van der Waals surface area contributed by atoms with Crippen LogP contribution in [0.3, 0.4) is 0 Å². The highest BCUT2D eigenvalue weighted by molar-refractivity contribution is 4.88. The number of hydrogen-bond acceptors (Lipinski definition) is 5. The minimum absolute atomic E-state index is 0.116. The molecule has 0 aromatic carbocycles. The first-order valence-corrected chi connectivity index (χ1v) is 5.75.